The van der Waals surface area contributed by atoms with E-state index in [1.165, 1.54) is 0 Å². The van der Waals surface area contributed by atoms with Gasteiger partial charge in [-0.25, -0.2) is 0 Å². The summed E-state index contributed by atoms with van der Waals surface area (Å²) in [7, 11) is 1.66. The molecular formula is C12H25N5O2S. The number of aliphatic hydroxyl groups excluding tert-OH is 1. The van der Waals surface area contributed by atoms with Gasteiger partial charge in [-0.1, -0.05) is 0 Å². The predicted octanol–water partition coefficient (Wildman–Crippen LogP) is -1.75. The Kier molecular flexibility index (Phi) is 6.44. The molecule has 0 aliphatic carbocycles. The Hall–Kier alpha value is -1.12. The lowest BCUT2D eigenvalue weighted by Gasteiger charge is -2.14. The first-order valence-electron chi connectivity index (χ1n) is 6.66. The van der Waals surface area contributed by atoms with E-state index in [1.54, 1.807) is 18.8 Å². The Morgan fingerprint density at radius 1 is 1.45 bits per heavy atom. The van der Waals surface area contributed by atoms with Gasteiger partial charge in [-0.15, -0.1) is 11.8 Å². The van der Waals surface area contributed by atoms with Crippen LogP contribution in [-0.4, -0.2) is 54.3 Å². The highest BCUT2D eigenvalue weighted by atomic mass is 32.2. The first-order chi connectivity index (χ1) is 9.48. The van der Waals surface area contributed by atoms with Crippen LogP contribution in [0.4, 0.5) is 0 Å². The van der Waals surface area contributed by atoms with E-state index in [1.807, 2.05) is 0 Å². The van der Waals surface area contributed by atoms with Crippen LogP contribution in [0.2, 0.25) is 0 Å². The minimum absolute atomic E-state index is 0.0435. The normalized spacial score (nSPS) is 25.7. The summed E-state index contributed by atoms with van der Waals surface area (Å²) < 4.78 is 0.0971. The molecule has 0 bridgehead atoms. The summed E-state index contributed by atoms with van der Waals surface area (Å²) in [6, 6.07) is 0. The highest BCUT2D eigenvalue weighted by Crippen LogP contribution is 2.52. The summed E-state index contributed by atoms with van der Waals surface area (Å²) in [5, 5.41) is 17.7. The van der Waals surface area contributed by atoms with Gasteiger partial charge in [-0.2, -0.15) is 0 Å². The SMILES string of the molecule is CN/C(N)=C(/NC[C@H]1SC1(C)CN)C(=O)NCCCO. The van der Waals surface area contributed by atoms with Gasteiger partial charge in [0.2, 0.25) is 0 Å². The average molecular weight is 303 g/mol. The van der Waals surface area contributed by atoms with E-state index in [0.717, 1.165) is 0 Å². The molecule has 0 radical (unpaired) electrons. The number of nitrogens with one attached hydrogen (secondary N) is 3. The Morgan fingerprint density at radius 2 is 2.15 bits per heavy atom. The number of carbonyl (C=O) groups is 1. The van der Waals surface area contributed by atoms with Crippen molar-refractivity contribution >= 4 is 17.7 Å². The van der Waals surface area contributed by atoms with Gasteiger partial charge >= 0.3 is 0 Å². The Labute approximate surface area is 123 Å². The largest absolute Gasteiger partial charge is 0.396 e. The zero-order chi connectivity index (χ0) is 15.2. The molecule has 8 heteroatoms. The van der Waals surface area contributed by atoms with Crippen molar-refractivity contribution in [1.29, 1.82) is 0 Å². The van der Waals surface area contributed by atoms with E-state index in [9.17, 15) is 4.79 Å². The van der Waals surface area contributed by atoms with Crippen molar-refractivity contribution in [1.82, 2.24) is 16.0 Å². The fourth-order valence-corrected chi connectivity index (χ4v) is 2.74. The van der Waals surface area contributed by atoms with Crippen molar-refractivity contribution in [3.8, 4) is 0 Å². The van der Waals surface area contributed by atoms with Crippen LogP contribution in [-0.2, 0) is 4.79 Å². The van der Waals surface area contributed by atoms with E-state index < -0.39 is 0 Å². The Balaban J connectivity index is 2.52. The van der Waals surface area contributed by atoms with Crippen molar-refractivity contribution in [2.75, 3.05) is 33.3 Å². The molecule has 1 heterocycles. The number of thioether (sulfide) groups is 1. The molecule has 1 saturated heterocycles. The number of hydrogen-bond donors (Lipinski definition) is 6. The molecular weight excluding hydrogens is 278 g/mol. The molecule has 1 aliphatic heterocycles. The van der Waals surface area contributed by atoms with E-state index in [0.29, 0.717) is 42.8 Å². The highest BCUT2D eigenvalue weighted by Gasteiger charge is 2.50. The van der Waals surface area contributed by atoms with Crippen LogP contribution in [0.25, 0.3) is 0 Å². The fraction of sp³-hybridized carbons (Fsp3) is 0.750. The fourth-order valence-electron chi connectivity index (χ4n) is 1.72. The third-order valence-electron chi connectivity index (χ3n) is 3.29. The molecule has 2 atom stereocenters. The van der Waals surface area contributed by atoms with Crippen molar-refractivity contribution in [2.45, 2.75) is 23.3 Å². The van der Waals surface area contributed by atoms with Crippen molar-refractivity contribution in [2.24, 2.45) is 11.5 Å². The molecule has 20 heavy (non-hydrogen) atoms. The van der Waals surface area contributed by atoms with Crippen LogP contribution >= 0.6 is 11.8 Å². The summed E-state index contributed by atoms with van der Waals surface area (Å²) in [6.07, 6.45) is 0.516. The lowest BCUT2D eigenvalue weighted by Crippen LogP contribution is -2.39. The maximum absolute atomic E-state index is 12.0. The molecule has 0 spiro atoms. The summed E-state index contributed by atoms with van der Waals surface area (Å²) in [6.45, 7) is 3.82. The molecule has 7 nitrogen and oxygen atoms in total. The third-order valence-corrected chi connectivity index (χ3v) is 5.00. The number of hydrogen-bond acceptors (Lipinski definition) is 7. The maximum atomic E-state index is 12.0. The van der Waals surface area contributed by atoms with Gasteiger partial charge in [0, 0.05) is 43.3 Å². The lowest BCUT2D eigenvalue weighted by molar-refractivity contribution is -0.118. The molecule has 8 N–H and O–H groups in total. The van der Waals surface area contributed by atoms with E-state index in [2.05, 4.69) is 22.9 Å². The molecule has 1 amide bonds. The van der Waals surface area contributed by atoms with Crippen molar-refractivity contribution in [3.05, 3.63) is 11.5 Å². The minimum Gasteiger partial charge on any atom is -0.396 e. The van der Waals surface area contributed by atoms with E-state index >= 15 is 0 Å². The Bertz CT molecular complexity index is 377. The summed E-state index contributed by atoms with van der Waals surface area (Å²) in [4.78, 5) is 12.0. The molecule has 1 unspecified atom stereocenters. The average Bonchev–Trinajstić information content (AvgIpc) is 3.10. The predicted molar refractivity (Wildman–Crippen MR) is 81.8 cm³/mol. The molecule has 0 aromatic heterocycles. The third kappa shape index (κ3) is 4.46. The lowest BCUT2D eigenvalue weighted by atomic mass is 10.1. The van der Waals surface area contributed by atoms with Gasteiger partial charge in [0.1, 0.15) is 11.5 Å². The summed E-state index contributed by atoms with van der Waals surface area (Å²) in [5.74, 6) is 0.0250. The van der Waals surface area contributed by atoms with Gasteiger partial charge in [-0.05, 0) is 13.3 Å². The topological polar surface area (TPSA) is 125 Å². The van der Waals surface area contributed by atoms with Crippen LogP contribution in [0.1, 0.15) is 13.3 Å². The Morgan fingerprint density at radius 3 is 2.65 bits per heavy atom. The second-order valence-electron chi connectivity index (χ2n) is 4.88. The van der Waals surface area contributed by atoms with Crippen LogP contribution < -0.4 is 27.4 Å². The van der Waals surface area contributed by atoms with Gasteiger partial charge < -0.3 is 32.5 Å². The summed E-state index contributed by atoms with van der Waals surface area (Å²) in [5.41, 5.74) is 11.8. The molecule has 1 fully saturated rings. The van der Waals surface area contributed by atoms with E-state index in [-0.39, 0.29) is 17.3 Å². The number of carbonyl (C=O) groups excluding carboxylic acids is 1. The van der Waals surface area contributed by atoms with Gasteiger partial charge in [0.05, 0.1) is 0 Å². The maximum Gasteiger partial charge on any atom is 0.271 e. The minimum atomic E-state index is -0.273. The van der Waals surface area contributed by atoms with Gasteiger partial charge in [-0.3, -0.25) is 4.79 Å². The van der Waals surface area contributed by atoms with Crippen LogP contribution in [0, 0.1) is 0 Å². The molecule has 116 valence electrons. The number of rotatable bonds is 9. The second-order valence-corrected chi connectivity index (χ2v) is 6.61. The first-order valence-corrected chi connectivity index (χ1v) is 7.54. The van der Waals surface area contributed by atoms with Gasteiger partial charge in [0.25, 0.3) is 5.91 Å². The molecule has 1 rings (SSSR count). The smallest absolute Gasteiger partial charge is 0.271 e. The van der Waals surface area contributed by atoms with Crippen LogP contribution in [0.5, 0.6) is 0 Å². The standard InChI is InChI=1S/C12H25N5O2S/c1-12(7-13)8(20-12)6-17-9(10(14)15-2)11(19)16-4-3-5-18/h8,15,17-18H,3-7,13-14H2,1-2H3,(H,16,19)/b10-9+/t8-,12?/m1/s1. The van der Waals surface area contributed by atoms with Crippen LogP contribution in [0.3, 0.4) is 0 Å². The monoisotopic (exact) mass is 303 g/mol. The summed E-state index contributed by atoms with van der Waals surface area (Å²) >= 11 is 1.80. The van der Waals surface area contributed by atoms with Crippen molar-refractivity contribution < 1.29 is 9.90 Å². The first kappa shape index (κ1) is 16.9. The van der Waals surface area contributed by atoms with Gasteiger partial charge in [0.15, 0.2) is 0 Å². The number of amides is 1. The zero-order valence-electron chi connectivity index (χ0n) is 12.0. The highest BCUT2D eigenvalue weighted by molar-refractivity contribution is 8.08. The zero-order valence-corrected chi connectivity index (χ0v) is 12.8. The second kappa shape index (κ2) is 7.61. The van der Waals surface area contributed by atoms with Crippen molar-refractivity contribution in [3.63, 3.8) is 0 Å². The molecule has 1 aliphatic rings. The molecule has 0 aromatic rings. The number of aliphatic hydroxyl groups is 1. The van der Waals surface area contributed by atoms with Crippen LogP contribution in [0.15, 0.2) is 11.5 Å². The van der Waals surface area contributed by atoms with E-state index in [4.69, 9.17) is 16.6 Å². The quantitative estimate of drug-likeness (QED) is 0.170. The molecule has 0 saturated carbocycles. The molecule has 0 aromatic carbocycles. The number of nitrogens with two attached hydrogens (primary N) is 2.